The van der Waals surface area contributed by atoms with Gasteiger partial charge in [-0.2, -0.15) is 0 Å². The molecule has 0 N–H and O–H groups in total. The number of alkyl halides is 2. The molecule has 72 valence electrons. The second-order valence-electron chi connectivity index (χ2n) is 3.19. The van der Waals surface area contributed by atoms with E-state index < -0.39 is 5.92 Å². The van der Waals surface area contributed by atoms with Gasteiger partial charge in [-0.05, 0) is 6.42 Å². The topological polar surface area (TPSA) is 38.9 Å². The highest BCUT2D eigenvalue weighted by Crippen LogP contribution is 2.43. The van der Waals surface area contributed by atoms with Gasteiger partial charge in [-0.1, -0.05) is 0 Å². The van der Waals surface area contributed by atoms with Crippen LogP contribution >= 0.6 is 15.9 Å². The summed E-state index contributed by atoms with van der Waals surface area (Å²) in [6.45, 7) is 0. The van der Waals surface area contributed by atoms with Crippen LogP contribution in [0.1, 0.15) is 31.1 Å². The molecule has 1 saturated carbocycles. The lowest BCUT2D eigenvalue weighted by atomic mass is 10.1. The monoisotopic (exact) mass is 252 g/mol. The number of hydrogen-bond donors (Lipinski definition) is 0. The highest BCUT2D eigenvalue weighted by atomic mass is 79.9. The summed E-state index contributed by atoms with van der Waals surface area (Å²) < 4.78 is 30.6. The first kappa shape index (κ1) is 9.05. The Morgan fingerprint density at radius 3 is 2.69 bits per heavy atom. The zero-order chi connectivity index (χ0) is 9.47. The van der Waals surface area contributed by atoms with Gasteiger partial charge in [0, 0.05) is 34.7 Å². The van der Waals surface area contributed by atoms with Gasteiger partial charge in [0.05, 0.1) is 0 Å². The summed E-state index contributed by atoms with van der Waals surface area (Å²) in [5.41, 5.74) is 0. The molecule has 1 atom stereocenters. The summed E-state index contributed by atoms with van der Waals surface area (Å²) in [5.74, 6) is -2.54. The van der Waals surface area contributed by atoms with E-state index in [1.54, 1.807) is 0 Å². The summed E-state index contributed by atoms with van der Waals surface area (Å²) in [6.07, 6.45) is 0.154. The molecule has 2 rings (SSSR count). The molecule has 0 aromatic carbocycles. The van der Waals surface area contributed by atoms with Crippen molar-refractivity contribution in [3.05, 3.63) is 10.7 Å². The Labute approximate surface area is 81.7 Å². The third-order valence-corrected chi connectivity index (χ3v) is 2.49. The minimum absolute atomic E-state index is 0.0856. The average molecular weight is 253 g/mol. The minimum atomic E-state index is -2.56. The predicted octanol–water partition coefficient (Wildman–Crippen LogP) is 2.73. The van der Waals surface area contributed by atoms with Crippen molar-refractivity contribution in [1.82, 2.24) is 10.2 Å². The van der Waals surface area contributed by atoms with Crippen molar-refractivity contribution in [1.29, 1.82) is 0 Å². The maximum Gasteiger partial charge on any atom is 0.284 e. The first-order valence-electron chi connectivity index (χ1n) is 3.93. The largest absolute Gasteiger partial charge is 0.415 e. The van der Waals surface area contributed by atoms with E-state index in [1.807, 2.05) is 0 Å². The fourth-order valence-corrected chi connectivity index (χ4v) is 1.79. The predicted molar refractivity (Wildman–Crippen MR) is 43.5 cm³/mol. The average Bonchev–Trinajstić information content (AvgIpc) is 2.56. The van der Waals surface area contributed by atoms with Gasteiger partial charge in [0.1, 0.15) is 0 Å². The molecule has 0 spiro atoms. The van der Waals surface area contributed by atoms with Crippen LogP contribution in [0, 0.1) is 0 Å². The molecule has 1 aromatic rings. The molecule has 1 heterocycles. The van der Waals surface area contributed by atoms with Crippen molar-refractivity contribution in [3.63, 3.8) is 0 Å². The van der Waals surface area contributed by atoms with E-state index in [4.69, 9.17) is 4.42 Å². The van der Waals surface area contributed by atoms with Gasteiger partial charge < -0.3 is 4.42 Å². The summed E-state index contributed by atoms with van der Waals surface area (Å²) in [5, 5.41) is 7.23. The molecule has 6 heteroatoms. The van der Waals surface area contributed by atoms with Gasteiger partial charge >= 0.3 is 0 Å². The van der Waals surface area contributed by atoms with Crippen LogP contribution in [0.2, 0.25) is 0 Å². The van der Waals surface area contributed by atoms with E-state index in [-0.39, 0.29) is 23.6 Å². The van der Waals surface area contributed by atoms with Crippen molar-refractivity contribution in [2.45, 2.75) is 31.1 Å². The van der Waals surface area contributed by atoms with Crippen LogP contribution in [0.15, 0.2) is 9.22 Å². The summed E-state index contributed by atoms with van der Waals surface area (Å²) in [6, 6.07) is 0. The highest BCUT2D eigenvalue weighted by Gasteiger charge is 2.42. The van der Waals surface area contributed by atoms with Crippen LogP contribution in [0.4, 0.5) is 8.78 Å². The summed E-state index contributed by atoms with van der Waals surface area (Å²) >= 11 is 2.98. The molecule has 1 aromatic heterocycles. The van der Waals surface area contributed by atoms with Crippen LogP contribution in [-0.2, 0) is 0 Å². The molecule has 1 aliphatic rings. The zero-order valence-corrected chi connectivity index (χ0v) is 8.22. The van der Waals surface area contributed by atoms with Crippen molar-refractivity contribution in [3.8, 4) is 0 Å². The van der Waals surface area contributed by atoms with E-state index in [9.17, 15) is 8.78 Å². The van der Waals surface area contributed by atoms with E-state index in [0.29, 0.717) is 12.3 Å². The smallest absolute Gasteiger partial charge is 0.284 e. The zero-order valence-electron chi connectivity index (χ0n) is 6.64. The Morgan fingerprint density at radius 1 is 1.46 bits per heavy atom. The number of rotatable bonds is 1. The Hall–Kier alpha value is -0.520. The third kappa shape index (κ3) is 1.87. The number of aromatic nitrogens is 2. The van der Waals surface area contributed by atoms with Gasteiger partial charge in [0.2, 0.25) is 11.8 Å². The normalized spacial score (nSPS) is 26.5. The van der Waals surface area contributed by atoms with Gasteiger partial charge in [0.15, 0.2) is 0 Å². The Morgan fingerprint density at radius 2 is 2.23 bits per heavy atom. The number of halogens is 3. The van der Waals surface area contributed by atoms with Crippen LogP contribution in [0.5, 0.6) is 0 Å². The molecule has 13 heavy (non-hydrogen) atoms. The molecule has 3 nitrogen and oxygen atoms in total. The van der Waals surface area contributed by atoms with Crippen molar-refractivity contribution in [2.24, 2.45) is 0 Å². The van der Waals surface area contributed by atoms with E-state index in [2.05, 4.69) is 26.1 Å². The molecular weight excluding hydrogens is 246 g/mol. The molecule has 0 amide bonds. The maximum absolute atomic E-state index is 12.8. The van der Waals surface area contributed by atoms with Gasteiger partial charge in [-0.25, -0.2) is 8.78 Å². The fraction of sp³-hybridized carbons (Fsp3) is 0.714. The van der Waals surface area contributed by atoms with Crippen LogP contribution in [0.3, 0.4) is 0 Å². The first-order chi connectivity index (χ1) is 6.07. The van der Waals surface area contributed by atoms with Gasteiger partial charge in [-0.3, -0.25) is 0 Å². The SMILES string of the molecule is FC1(F)CCC(c2nnc(Br)o2)C1. The maximum atomic E-state index is 12.8. The molecule has 0 aliphatic heterocycles. The minimum Gasteiger partial charge on any atom is -0.415 e. The molecule has 0 radical (unpaired) electrons. The Balaban J connectivity index is 2.12. The van der Waals surface area contributed by atoms with Crippen molar-refractivity contribution >= 4 is 15.9 Å². The highest BCUT2D eigenvalue weighted by molar-refractivity contribution is 9.10. The second-order valence-corrected chi connectivity index (χ2v) is 3.87. The van der Waals surface area contributed by atoms with E-state index in [1.165, 1.54) is 0 Å². The molecule has 0 saturated heterocycles. The van der Waals surface area contributed by atoms with Crippen LogP contribution in [-0.4, -0.2) is 16.1 Å². The lowest BCUT2D eigenvalue weighted by Crippen LogP contribution is -2.09. The van der Waals surface area contributed by atoms with E-state index in [0.717, 1.165) is 0 Å². The van der Waals surface area contributed by atoms with Crippen LogP contribution < -0.4 is 0 Å². The fourth-order valence-electron chi connectivity index (χ4n) is 1.54. The van der Waals surface area contributed by atoms with Crippen molar-refractivity contribution < 1.29 is 13.2 Å². The molecule has 0 bridgehead atoms. The molecule has 1 fully saturated rings. The molecular formula is C7H7BrF2N2O. The summed E-state index contributed by atoms with van der Waals surface area (Å²) in [4.78, 5) is 0.248. The quantitative estimate of drug-likeness (QED) is 0.772. The lowest BCUT2D eigenvalue weighted by molar-refractivity contribution is 0.00702. The first-order valence-corrected chi connectivity index (χ1v) is 4.73. The summed E-state index contributed by atoms with van der Waals surface area (Å²) in [7, 11) is 0. The lowest BCUT2D eigenvalue weighted by Gasteiger charge is -2.06. The Bertz CT molecular complexity index is 315. The number of hydrogen-bond acceptors (Lipinski definition) is 3. The van der Waals surface area contributed by atoms with Crippen LogP contribution in [0.25, 0.3) is 0 Å². The Kier molecular flexibility index (Phi) is 2.09. The van der Waals surface area contributed by atoms with Gasteiger partial charge in [-0.15, -0.1) is 10.2 Å². The standard InChI is InChI=1S/C7H7BrF2N2O/c8-6-12-11-5(13-6)4-1-2-7(9,10)3-4/h4H,1-3H2. The molecule has 1 aliphatic carbocycles. The second kappa shape index (κ2) is 3.01. The van der Waals surface area contributed by atoms with Crippen molar-refractivity contribution in [2.75, 3.05) is 0 Å². The number of nitrogens with zero attached hydrogens (tertiary/aromatic N) is 2. The van der Waals surface area contributed by atoms with Gasteiger partial charge in [0.25, 0.3) is 4.80 Å². The molecule has 1 unspecified atom stereocenters. The third-order valence-electron chi connectivity index (χ3n) is 2.17. The van der Waals surface area contributed by atoms with E-state index >= 15 is 0 Å².